The molecule has 0 aliphatic carbocycles. The second kappa shape index (κ2) is 8.66. The molecule has 0 unspecified atom stereocenters. The van der Waals surface area contributed by atoms with Gasteiger partial charge in [0.05, 0.1) is 11.4 Å². The molecule has 0 aliphatic heterocycles. The molecule has 27 heavy (non-hydrogen) atoms. The smallest absolute Gasteiger partial charge is 0.270 e. The highest BCUT2D eigenvalue weighted by atomic mass is 19.1. The average molecular weight is 368 g/mol. The van der Waals surface area contributed by atoms with Gasteiger partial charge in [0.15, 0.2) is 0 Å². The van der Waals surface area contributed by atoms with E-state index in [1.165, 1.54) is 18.6 Å². The summed E-state index contributed by atoms with van der Waals surface area (Å²) in [5.74, 6) is -0.501. The third kappa shape index (κ3) is 4.45. The highest BCUT2D eigenvalue weighted by Crippen LogP contribution is 2.22. The summed E-state index contributed by atoms with van der Waals surface area (Å²) in [5.41, 5.74) is 2.69. The van der Waals surface area contributed by atoms with Gasteiger partial charge in [0.2, 0.25) is 0 Å². The minimum absolute atomic E-state index is 0.177. The van der Waals surface area contributed by atoms with Gasteiger partial charge in [-0.05, 0) is 48.9 Å². The lowest BCUT2D eigenvalue weighted by Gasteiger charge is -2.08. The van der Waals surface area contributed by atoms with E-state index >= 15 is 0 Å². The maximum Gasteiger partial charge on any atom is 0.270 e. The van der Waals surface area contributed by atoms with Crippen LogP contribution in [-0.2, 0) is 7.05 Å². The largest absolute Gasteiger partial charge is 0.351 e. The van der Waals surface area contributed by atoms with Crippen LogP contribution < -0.4 is 5.32 Å². The van der Waals surface area contributed by atoms with E-state index in [1.54, 1.807) is 22.9 Å². The number of rotatable bonds is 8. The number of nitrogens with zero attached hydrogens (tertiary/aromatic N) is 3. The van der Waals surface area contributed by atoms with Crippen molar-refractivity contribution in [2.45, 2.75) is 32.6 Å². The number of benzene rings is 1. The van der Waals surface area contributed by atoms with Crippen LogP contribution in [0.2, 0.25) is 0 Å². The van der Waals surface area contributed by atoms with Crippen molar-refractivity contribution in [2.24, 2.45) is 7.05 Å². The van der Waals surface area contributed by atoms with Crippen molar-refractivity contribution in [3.63, 3.8) is 0 Å². The van der Waals surface area contributed by atoms with Gasteiger partial charge in [-0.15, -0.1) is 0 Å². The monoisotopic (exact) mass is 368 g/mol. The SMILES string of the molecule is CCCCCCNC(=O)c1cc(-c2cccn2C)nn1-c1ccc(F)cc1. The van der Waals surface area contributed by atoms with Crippen LogP contribution in [0.3, 0.4) is 0 Å². The number of halogens is 1. The predicted molar refractivity (Wildman–Crippen MR) is 104 cm³/mol. The number of amides is 1. The summed E-state index contributed by atoms with van der Waals surface area (Å²) in [6, 6.07) is 11.6. The molecule has 1 aromatic carbocycles. The van der Waals surface area contributed by atoms with E-state index in [1.807, 2.05) is 29.9 Å². The van der Waals surface area contributed by atoms with Crippen molar-refractivity contribution >= 4 is 5.91 Å². The first kappa shape index (κ1) is 18.9. The number of aryl methyl sites for hydroxylation is 1. The highest BCUT2D eigenvalue weighted by molar-refractivity contribution is 5.94. The third-order valence-electron chi connectivity index (χ3n) is 4.54. The Bertz CT molecular complexity index is 895. The van der Waals surface area contributed by atoms with Crippen LogP contribution in [0, 0.1) is 5.82 Å². The Hall–Kier alpha value is -2.89. The van der Waals surface area contributed by atoms with Crippen molar-refractivity contribution in [2.75, 3.05) is 6.54 Å². The second-order valence-electron chi connectivity index (χ2n) is 6.62. The van der Waals surface area contributed by atoms with Crippen LogP contribution in [0.4, 0.5) is 4.39 Å². The Labute approximate surface area is 158 Å². The molecule has 6 heteroatoms. The summed E-state index contributed by atoms with van der Waals surface area (Å²) < 4.78 is 16.8. The van der Waals surface area contributed by atoms with Crippen molar-refractivity contribution in [1.82, 2.24) is 19.7 Å². The van der Waals surface area contributed by atoms with Crippen molar-refractivity contribution < 1.29 is 9.18 Å². The number of hydrogen-bond donors (Lipinski definition) is 1. The number of unbranched alkanes of at least 4 members (excludes halogenated alkanes) is 3. The lowest BCUT2D eigenvalue weighted by Crippen LogP contribution is -2.26. The van der Waals surface area contributed by atoms with Crippen LogP contribution >= 0.6 is 0 Å². The molecule has 0 aliphatic rings. The molecule has 0 saturated carbocycles. The Kier molecular flexibility index (Phi) is 6.06. The number of carbonyl (C=O) groups is 1. The molecule has 0 bridgehead atoms. The summed E-state index contributed by atoms with van der Waals surface area (Å²) in [4.78, 5) is 12.8. The van der Waals surface area contributed by atoms with Gasteiger partial charge in [0.25, 0.3) is 5.91 Å². The zero-order valence-electron chi connectivity index (χ0n) is 15.8. The van der Waals surface area contributed by atoms with Gasteiger partial charge in [-0.3, -0.25) is 4.79 Å². The standard InChI is InChI=1S/C21H25FN4O/c1-3-4-5-6-13-23-21(27)20-15-18(19-8-7-14-25(19)2)24-26(20)17-11-9-16(22)10-12-17/h7-12,14-15H,3-6,13H2,1-2H3,(H,23,27). The van der Waals surface area contributed by atoms with E-state index in [9.17, 15) is 9.18 Å². The van der Waals surface area contributed by atoms with Gasteiger partial charge >= 0.3 is 0 Å². The van der Waals surface area contributed by atoms with Crippen LogP contribution in [0.1, 0.15) is 43.1 Å². The molecule has 0 saturated heterocycles. The summed E-state index contributed by atoms with van der Waals surface area (Å²) in [5, 5.41) is 7.58. The zero-order valence-corrected chi connectivity index (χ0v) is 15.8. The van der Waals surface area contributed by atoms with Gasteiger partial charge in [0, 0.05) is 19.8 Å². The topological polar surface area (TPSA) is 51.9 Å². The molecule has 2 aromatic heterocycles. The molecular formula is C21H25FN4O. The quantitative estimate of drug-likeness (QED) is 0.602. The van der Waals surface area contributed by atoms with Crippen LogP contribution in [-0.4, -0.2) is 26.8 Å². The second-order valence-corrected chi connectivity index (χ2v) is 6.62. The zero-order chi connectivity index (χ0) is 19.2. The molecule has 5 nitrogen and oxygen atoms in total. The lowest BCUT2D eigenvalue weighted by atomic mass is 10.2. The lowest BCUT2D eigenvalue weighted by molar-refractivity contribution is 0.0945. The molecule has 1 N–H and O–H groups in total. The van der Waals surface area contributed by atoms with Gasteiger partial charge in [-0.2, -0.15) is 5.10 Å². The highest BCUT2D eigenvalue weighted by Gasteiger charge is 2.18. The molecule has 0 spiro atoms. The van der Waals surface area contributed by atoms with E-state index in [0.29, 0.717) is 23.6 Å². The van der Waals surface area contributed by atoms with Gasteiger partial charge in [-0.1, -0.05) is 26.2 Å². The van der Waals surface area contributed by atoms with Crippen molar-refractivity contribution in [1.29, 1.82) is 0 Å². The van der Waals surface area contributed by atoms with Gasteiger partial charge in [0.1, 0.15) is 17.2 Å². The summed E-state index contributed by atoms with van der Waals surface area (Å²) >= 11 is 0. The van der Waals surface area contributed by atoms with E-state index in [-0.39, 0.29) is 11.7 Å². The fourth-order valence-corrected chi connectivity index (χ4v) is 3.02. The van der Waals surface area contributed by atoms with E-state index in [4.69, 9.17) is 0 Å². The molecule has 1 amide bonds. The van der Waals surface area contributed by atoms with Crippen LogP contribution in [0.15, 0.2) is 48.7 Å². The van der Waals surface area contributed by atoms with Gasteiger partial charge in [-0.25, -0.2) is 9.07 Å². The minimum Gasteiger partial charge on any atom is -0.351 e. The average Bonchev–Trinajstić information content (AvgIpc) is 3.28. The van der Waals surface area contributed by atoms with E-state index < -0.39 is 0 Å². The molecule has 0 fully saturated rings. The first-order valence-electron chi connectivity index (χ1n) is 9.36. The number of hydrogen-bond acceptors (Lipinski definition) is 2. The number of aromatic nitrogens is 3. The fourth-order valence-electron chi connectivity index (χ4n) is 3.02. The Balaban J connectivity index is 1.88. The predicted octanol–water partition coefficient (Wildman–Crippen LogP) is 4.33. The van der Waals surface area contributed by atoms with Crippen molar-refractivity contribution in [3.8, 4) is 17.1 Å². The van der Waals surface area contributed by atoms with Crippen molar-refractivity contribution in [3.05, 3.63) is 60.2 Å². The molecule has 0 radical (unpaired) electrons. The Morgan fingerprint density at radius 3 is 2.59 bits per heavy atom. The molecular weight excluding hydrogens is 343 g/mol. The van der Waals surface area contributed by atoms with E-state index in [0.717, 1.165) is 25.0 Å². The molecule has 3 aromatic rings. The minimum atomic E-state index is -0.324. The van der Waals surface area contributed by atoms with Crippen LogP contribution in [0.5, 0.6) is 0 Å². The molecule has 142 valence electrons. The molecule has 0 atom stereocenters. The number of nitrogens with one attached hydrogen (secondary N) is 1. The molecule has 2 heterocycles. The Morgan fingerprint density at radius 1 is 1.15 bits per heavy atom. The summed E-state index contributed by atoms with van der Waals surface area (Å²) in [6.07, 6.45) is 6.31. The summed E-state index contributed by atoms with van der Waals surface area (Å²) in [7, 11) is 1.93. The fraction of sp³-hybridized carbons (Fsp3) is 0.333. The first-order chi connectivity index (χ1) is 13.1. The first-order valence-corrected chi connectivity index (χ1v) is 9.36. The number of carbonyl (C=O) groups excluding carboxylic acids is 1. The maximum atomic E-state index is 13.3. The summed E-state index contributed by atoms with van der Waals surface area (Å²) in [6.45, 7) is 2.79. The van der Waals surface area contributed by atoms with Gasteiger partial charge < -0.3 is 9.88 Å². The van der Waals surface area contributed by atoms with E-state index in [2.05, 4.69) is 17.3 Å². The third-order valence-corrected chi connectivity index (χ3v) is 4.54. The molecule has 3 rings (SSSR count). The maximum absolute atomic E-state index is 13.3. The normalized spacial score (nSPS) is 10.9. The Morgan fingerprint density at radius 2 is 1.93 bits per heavy atom. The van der Waals surface area contributed by atoms with Crippen LogP contribution in [0.25, 0.3) is 17.1 Å².